The fourth-order valence-corrected chi connectivity index (χ4v) is 3.94. The van der Waals surface area contributed by atoms with E-state index in [1.165, 1.54) is 31.2 Å². The lowest BCUT2D eigenvalue weighted by atomic mass is 9.84. The van der Waals surface area contributed by atoms with Gasteiger partial charge in [-0.2, -0.15) is 0 Å². The van der Waals surface area contributed by atoms with Crippen LogP contribution in [0.25, 0.3) is 0 Å². The van der Waals surface area contributed by atoms with E-state index in [0.717, 1.165) is 0 Å². The molecule has 176 valence electrons. The van der Waals surface area contributed by atoms with Crippen molar-refractivity contribution in [3.8, 4) is 5.75 Å². The van der Waals surface area contributed by atoms with E-state index in [9.17, 15) is 27.6 Å². The fourth-order valence-electron chi connectivity index (χ4n) is 3.94. The molecule has 2 aliphatic rings. The summed E-state index contributed by atoms with van der Waals surface area (Å²) in [6.07, 6.45) is -4.39. The van der Waals surface area contributed by atoms with E-state index in [4.69, 9.17) is 4.74 Å². The SMILES string of the molecule is CC(=O)CNC(=O)C1CC(c2ccc(OC(F)(F)F)cc2)CN(C(=O)N2CCOCC2)C1. The molecule has 32 heavy (non-hydrogen) atoms. The van der Waals surface area contributed by atoms with E-state index in [-0.39, 0.29) is 42.5 Å². The lowest BCUT2D eigenvalue weighted by Gasteiger charge is -2.40. The van der Waals surface area contributed by atoms with Gasteiger partial charge in [-0.15, -0.1) is 13.2 Å². The minimum Gasteiger partial charge on any atom is -0.406 e. The summed E-state index contributed by atoms with van der Waals surface area (Å²) in [7, 11) is 0. The van der Waals surface area contributed by atoms with Gasteiger partial charge in [0, 0.05) is 32.1 Å². The number of nitrogens with one attached hydrogen (secondary N) is 1. The first-order chi connectivity index (χ1) is 15.1. The van der Waals surface area contributed by atoms with Crippen molar-refractivity contribution in [2.45, 2.75) is 25.6 Å². The van der Waals surface area contributed by atoms with Crippen LogP contribution in [0.5, 0.6) is 5.75 Å². The minimum atomic E-state index is -4.78. The minimum absolute atomic E-state index is 0.0963. The number of benzene rings is 1. The lowest BCUT2D eigenvalue weighted by molar-refractivity contribution is -0.274. The highest BCUT2D eigenvalue weighted by atomic mass is 19.4. The third-order valence-electron chi connectivity index (χ3n) is 5.47. The van der Waals surface area contributed by atoms with E-state index in [0.29, 0.717) is 44.8 Å². The van der Waals surface area contributed by atoms with Crippen LogP contribution in [0, 0.1) is 5.92 Å². The van der Waals surface area contributed by atoms with Crippen LogP contribution in [-0.2, 0) is 14.3 Å². The van der Waals surface area contributed by atoms with Crippen molar-refractivity contribution in [1.29, 1.82) is 0 Å². The molecule has 2 fully saturated rings. The molecule has 3 amide bonds. The highest BCUT2D eigenvalue weighted by molar-refractivity contribution is 5.86. The number of rotatable bonds is 5. The van der Waals surface area contributed by atoms with Crippen molar-refractivity contribution in [2.24, 2.45) is 5.92 Å². The number of ketones is 1. The number of Topliss-reactive ketones (excluding diaryl/α,β-unsaturated/α-hetero) is 1. The molecule has 0 aromatic heterocycles. The topological polar surface area (TPSA) is 88.2 Å². The Labute approximate surface area is 183 Å². The number of morpholine rings is 1. The van der Waals surface area contributed by atoms with Gasteiger partial charge in [0.25, 0.3) is 0 Å². The van der Waals surface area contributed by atoms with Gasteiger partial charge in [0.2, 0.25) is 5.91 Å². The molecule has 0 radical (unpaired) electrons. The predicted octanol–water partition coefficient (Wildman–Crippen LogP) is 2.15. The molecule has 2 atom stereocenters. The Balaban J connectivity index is 1.76. The van der Waals surface area contributed by atoms with E-state index in [1.807, 2.05) is 0 Å². The number of ether oxygens (including phenoxy) is 2. The highest BCUT2D eigenvalue weighted by Crippen LogP contribution is 2.33. The third-order valence-corrected chi connectivity index (χ3v) is 5.47. The fraction of sp³-hybridized carbons (Fsp3) is 0.571. The number of nitrogens with zero attached hydrogens (tertiary/aromatic N) is 2. The molecule has 0 aliphatic carbocycles. The van der Waals surface area contributed by atoms with E-state index >= 15 is 0 Å². The molecular formula is C21H26F3N3O5. The summed E-state index contributed by atoms with van der Waals surface area (Å²) in [6, 6.07) is 5.25. The highest BCUT2D eigenvalue weighted by Gasteiger charge is 2.37. The standard InChI is InChI=1S/C21H26F3N3O5/c1-14(28)11-25-19(29)17-10-16(15-2-4-18(5-3-15)32-21(22,23)24)12-27(13-17)20(30)26-6-8-31-9-7-26/h2-5,16-17H,6-13H2,1H3,(H,25,29). The molecule has 2 heterocycles. The average molecular weight is 457 g/mol. The summed E-state index contributed by atoms with van der Waals surface area (Å²) in [5.41, 5.74) is 0.698. The van der Waals surface area contributed by atoms with E-state index < -0.39 is 12.3 Å². The molecule has 0 bridgehead atoms. The van der Waals surface area contributed by atoms with Crippen molar-refractivity contribution < 1.29 is 37.0 Å². The van der Waals surface area contributed by atoms with Crippen molar-refractivity contribution >= 4 is 17.7 Å². The maximum atomic E-state index is 13.0. The Morgan fingerprint density at radius 1 is 1.09 bits per heavy atom. The van der Waals surface area contributed by atoms with Gasteiger partial charge >= 0.3 is 12.4 Å². The summed E-state index contributed by atoms with van der Waals surface area (Å²) in [5, 5.41) is 2.59. The zero-order valence-electron chi connectivity index (χ0n) is 17.7. The van der Waals surface area contributed by atoms with Crippen LogP contribution in [0.4, 0.5) is 18.0 Å². The van der Waals surface area contributed by atoms with Crippen LogP contribution in [0.1, 0.15) is 24.8 Å². The second-order valence-corrected chi connectivity index (χ2v) is 7.95. The first-order valence-electron chi connectivity index (χ1n) is 10.4. The molecule has 2 aliphatic heterocycles. The first kappa shape index (κ1) is 23.8. The molecule has 3 rings (SSSR count). The van der Waals surface area contributed by atoms with Crippen molar-refractivity contribution in [3.05, 3.63) is 29.8 Å². The number of hydrogen-bond donors (Lipinski definition) is 1. The number of alkyl halides is 3. The average Bonchev–Trinajstić information content (AvgIpc) is 2.76. The zero-order chi connectivity index (χ0) is 23.3. The molecule has 11 heteroatoms. The molecule has 1 aromatic carbocycles. The molecule has 2 unspecified atom stereocenters. The van der Waals surface area contributed by atoms with Crippen LogP contribution in [0.3, 0.4) is 0 Å². The lowest BCUT2D eigenvalue weighted by Crippen LogP contribution is -2.54. The Kier molecular flexibility index (Phi) is 7.60. The number of urea groups is 1. The van der Waals surface area contributed by atoms with Crippen molar-refractivity contribution in [2.75, 3.05) is 45.9 Å². The smallest absolute Gasteiger partial charge is 0.406 e. The summed E-state index contributed by atoms with van der Waals surface area (Å²) >= 11 is 0. The summed E-state index contributed by atoms with van der Waals surface area (Å²) < 4.78 is 46.5. The third kappa shape index (κ3) is 6.59. The van der Waals surface area contributed by atoms with E-state index in [2.05, 4.69) is 10.1 Å². The Bertz CT molecular complexity index is 825. The zero-order valence-corrected chi connectivity index (χ0v) is 17.7. The van der Waals surface area contributed by atoms with Gasteiger partial charge in [-0.1, -0.05) is 12.1 Å². The van der Waals surface area contributed by atoms with Crippen LogP contribution < -0.4 is 10.1 Å². The van der Waals surface area contributed by atoms with Gasteiger partial charge in [0.1, 0.15) is 11.5 Å². The van der Waals surface area contributed by atoms with Gasteiger partial charge in [-0.3, -0.25) is 9.59 Å². The molecule has 1 N–H and O–H groups in total. The van der Waals surface area contributed by atoms with Gasteiger partial charge < -0.3 is 24.6 Å². The Morgan fingerprint density at radius 2 is 1.75 bits per heavy atom. The van der Waals surface area contributed by atoms with Gasteiger partial charge in [-0.05, 0) is 31.0 Å². The first-order valence-corrected chi connectivity index (χ1v) is 10.4. The molecule has 8 nitrogen and oxygen atoms in total. The number of hydrogen-bond acceptors (Lipinski definition) is 5. The largest absolute Gasteiger partial charge is 0.573 e. The molecular weight excluding hydrogens is 431 g/mol. The number of likely N-dealkylation sites (tertiary alicyclic amines) is 1. The Hall–Kier alpha value is -2.82. The number of piperidine rings is 1. The molecule has 0 spiro atoms. The van der Waals surface area contributed by atoms with Crippen LogP contribution in [0.2, 0.25) is 0 Å². The maximum Gasteiger partial charge on any atom is 0.573 e. The molecule has 1 aromatic rings. The number of carbonyl (C=O) groups is 3. The second-order valence-electron chi connectivity index (χ2n) is 7.95. The van der Waals surface area contributed by atoms with Crippen LogP contribution >= 0.6 is 0 Å². The van der Waals surface area contributed by atoms with Gasteiger partial charge in [0.15, 0.2) is 0 Å². The predicted molar refractivity (Wildman–Crippen MR) is 107 cm³/mol. The molecule has 0 saturated carbocycles. The maximum absolute atomic E-state index is 13.0. The normalized spacial score (nSPS) is 21.8. The van der Waals surface area contributed by atoms with Crippen molar-refractivity contribution in [3.63, 3.8) is 0 Å². The van der Waals surface area contributed by atoms with Gasteiger partial charge in [-0.25, -0.2) is 4.79 Å². The number of amides is 3. The summed E-state index contributed by atoms with van der Waals surface area (Å²) in [4.78, 5) is 40.2. The monoisotopic (exact) mass is 457 g/mol. The van der Waals surface area contributed by atoms with E-state index in [1.54, 1.807) is 9.80 Å². The van der Waals surface area contributed by atoms with Gasteiger partial charge in [0.05, 0.1) is 25.7 Å². The Morgan fingerprint density at radius 3 is 2.34 bits per heavy atom. The van der Waals surface area contributed by atoms with Crippen molar-refractivity contribution in [1.82, 2.24) is 15.1 Å². The second kappa shape index (κ2) is 10.2. The van der Waals surface area contributed by atoms with Crippen LogP contribution in [0.15, 0.2) is 24.3 Å². The number of halogens is 3. The number of carbonyl (C=O) groups excluding carboxylic acids is 3. The quantitative estimate of drug-likeness (QED) is 0.732. The van der Waals surface area contributed by atoms with Crippen LogP contribution in [-0.4, -0.2) is 79.8 Å². The summed E-state index contributed by atoms with van der Waals surface area (Å²) in [5.74, 6) is -1.67. The molecule has 2 saturated heterocycles. The summed E-state index contributed by atoms with van der Waals surface area (Å²) in [6.45, 7) is 3.56.